The maximum atomic E-state index is 12.8. The molecule has 0 aromatic heterocycles. The van der Waals surface area contributed by atoms with Crippen molar-refractivity contribution in [3.8, 4) is 0 Å². The van der Waals surface area contributed by atoms with Gasteiger partial charge in [-0.3, -0.25) is 19.3 Å². The Labute approximate surface area is 158 Å². The molecule has 3 fully saturated rings. The lowest BCUT2D eigenvalue weighted by Crippen LogP contribution is -2.72. The molecule has 4 aliphatic rings. The van der Waals surface area contributed by atoms with Crippen LogP contribution in [0.5, 0.6) is 0 Å². The van der Waals surface area contributed by atoms with Gasteiger partial charge in [-0.2, -0.15) is 0 Å². The second-order valence-electron chi connectivity index (χ2n) is 7.32. The molecule has 0 bridgehead atoms. The van der Waals surface area contributed by atoms with Crippen LogP contribution in [-0.2, 0) is 29.0 Å². The average molecular weight is 415 g/mol. The van der Waals surface area contributed by atoms with E-state index in [1.54, 1.807) is 0 Å². The lowest BCUT2D eigenvalue weighted by atomic mass is 9.96. The molecule has 10 nitrogen and oxygen atoms in total. The number of carbonyl (C=O) groups excluding carboxylic acids is 3. The molecule has 4 aliphatic heterocycles. The highest BCUT2D eigenvalue weighted by Crippen LogP contribution is 2.46. The van der Waals surface area contributed by atoms with Crippen LogP contribution < -0.4 is 5.32 Å². The van der Waals surface area contributed by atoms with Gasteiger partial charge in [-0.1, -0.05) is 0 Å². The van der Waals surface area contributed by atoms with Gasteiger partial charge in [0.1, 0.15) is 28.5 Å². The van der Waals surface area contributed by atoms with Gasteiger partial charge in [0.15, 0.2) is 9.84 Å². The Balaban J connectivity index is 1.56. The Morgan fingerprint density at radius 3 is 2.59 bits per heavy atom. The smallest absolute Gasteiger partial charge is 0.352 e. The number of rotatable bonds is 3. The number of carboxylic acid groups (broad SMARTS) is 1. The number of nitrogens with one attached hydrogen (secondary N) is 1. The molecule has 3 saturated heterocycles. The fourth-order valence-electron chi connectivity index (χ4n) is 4.02. The Hall–Kier alpha value is -2.08. The number of amides is 3. The van der Waals surface area contributed by atoms with Gasteiger partial charge in [-0.05, 0) is 19.9 Å². The van der Waals surface area contributed by atoms with E-state index < -0.39 is 61.1 Å². The highest BCUT2D eigenvalue weighted by molar-refractivity contribution is 8.00. The second-order valence-corrected chi connectivity index (χ2v) is 11.2. The maximum absolute atomic E-state index is 12.8. The standard InChI is InChI=1S/C15H17N3O7S2/c1-15(2)10(18-7(19)5-8(18)27(15,24)25)11(20)16-9-12(21)17-6(14(22)23)3-4-26-13(9)17/h3,8-10,13H,4-5H2,1-2H3,(H,16,20)(H,22,23)/t8-,9?,10+,13?/m1/s1. The predicted molar refractivity (Wildman–Crippen MR) is 92.8 cm³/mol. The van der Waals surface area contributed by atoms with E-state index in [0.717, 1.165) is 9.80 Å². The number of aliphatic carboxylic acids is 1. The fraction of sp³-hybridized carbons (Fsp3) is 0.600. The van der Waals surface area contributed by atoms with Gasteiger partial charge in [0.05, 0.1) is 11.2 Å². The van der Waals surface area contributed by atoms with Gasteiger partial charge in [0.25, 0.3) is 5.91 Å². The third-order valence-corrected chi connectivity index (χ3v) is 9.57. The highest BCUT2D eigenvalue weighted by atomic mass is 32.2. The number of thioether (sulfide) groups is 1. The number of fused-ring (bicyclic) bond motifs is 2. The summed E-state index contributed by atoms with van der Waals surface area (Å²) < 4.78 is 23.7. The molecule has 3 amide bonds. The summed E-state index contributed by atoms with van der Waals surface area (Å²) in [5, 5.41) is 10.1. The van der Waals surface area contributed by atoms with Crippen molar-refractivity contribution in [2.45, 2.75) is 47.8 Å². The van der Waals surface area contributed by atoms with Crippen LogP contribution in [0.3, 0.4) is 0 Å². The number of carboxylic acids is 1. The second kappa shape index (κ2) is 5.47. The normalized spacial score (nSPS) is 35.4. The topological polar surface area (TPSA) is 141 Å². The molecular weight excluding hydrogens is 398 g/mol. The largest absolute Gasteiger partial charge is 0.477 e. The Bertz CT molecular complexity index is 926. The number of hydrogen-bond acceptors (Lipinski definition) is 7. The van der Waals surface area contributed by atoms with Crippen LogP contribution in [0.2, 0.25) is 0 Å². The minimum Gasteiger partial charge on any atom is -0.477 e. The summed E-state index contributed by atoms with van der Waals surface area (Å²) in [5.74, 6) is -2.56. The Kier molecular flexibility index (Phi) is 3.71. The van der Waals surface area contributed by atoms with Crippen molar-refractivity contribution in [1.29, 1.82) is 0 Å². The summed E-state index contributed by atoms with van der Waals surface area (Å²) in [6.45, 7) is 2.79. The van der Waals surface area contributed by atoms with Crippen molar-refractivity contribution >= 4 is 45.3 Å². The molecule has 0 aliphatic carbocycles. The lowest BCUT2D eigenvalue weighted by Gasteiger charge is -2.49. The zero-order valence-electron chi connectivity index (χ0n) is 14.4. The average Bonchev–Trinajstić information content (AvgIpc) is 2.72. The third-order valence-electron chi connectivity index (χ3n) is 5.59. The molecule has 12 heteroatoms. The van der Waals surface area contributed by atoms with E-state index in [9.17, 15) is 32.7 Å². The van der Waals surface area contributed by atoms with Crippen LogP contribution in [0.25, 0.3) is 0 Å². The van der Waals surface area contributed by atoms with Crippen LogP contribution in [-0.4, -0.2) is 80.3 Å². The van der Waals surface area contributed by atoms with E-state index in [0.29, 0.717) is 5.75 Å². The zero-order chi connectivity index (χ0) is 19.9. The van der Waals surface area contributed by atoms with Crippen molar-refractivity contribution in [2.75, 3.05) is 5.75 Å². The molecule has 0 spiro atoms. The number of sulfone groups is 1. The monoisotopic (exact) mass is 415 g/mol. The van der Waals surface area contributed by atoms with Crippen molar-refractivity contribution < 1.29 is 32.7 Å². The van der Waals surface area contributed by atoms with Crippen LogP contribution in [0.4, 0.5) is 0 Å². The Morgan fingerprint density at radius 1 is 1.33 bits per heavy atom. The number of hydrogen-bond donors (Lipinski definition) is 2. The first-order valence-corrected chi connectivity index (χ1v) is 10.8. The van der Waals surface area contributed by atoms with Crippen molar-refractivity contribution in [3.05, 3.63) is 11.8 Å². The van der Waals surface area contributed by atoms with Crippen LogP contribution in [0, 0.1) is 0 Å². The third kappa shape index (κ3) is 2.16. The summed E-state index contributed by atoms with van der Waals surface area (Å²) in [6, 6.07) is -2.18. The van der Waals surface area contributed by atoms with Gasteiger partial charge < -0.3 is 15.3 Å². The summed E-state index contributed by atoms with van der Waals surface area (Å²) in [7, 11) is -3.72. The predicted octanol–water partition coefficient (Wildman–Crippen LogP) is -1.51. The minimum absolute atomic E-state index is 0.129. The first-order valence-electron chi connectivity index (χ1n) is 8.23. The molecule has 4 atom stereocenters. The van der Waals surface area contributed by atoms with Gasteiger partial charge in [0.2, 0.25) is 11.8 Å². The SMILES string of the molecule is CC1(C)[C@H](C(=O)NC2C(=O)N3C(C(=O)O)=CCSC23)N2C(=O)C[C@H]2S1(=O)=O. The molecular formula is C15H17N3O7S2. The van der Waals surface area contributed by atoms with Crippen LogP contribution in [0.15, 0.2) is 11.8 Å². The minimum atomic E-state index is -3.72. The molecule has 0 saturated carbocycles. The fourth-order valence-corrected chi connectivity index (χ4v) is 7.35. The summed E-state index contributed by atoms with van der Waals surface area (Å²) >= 11 is 1.30. The molecule has 0 aromatic rings. The molecule has 0 radical (unpaired) electrons. The molecule has 146 valence electrons. The molecule has 2 unspecified atom stereocenters. The lowest BCUT2D eigenvalue weighted by molar-refractivity contribution is -0.154. The van der Waals surface area contributed by atoms with E-state index >= 15 is 0 Å². The van der Waals surface area contributed by atoms with E-state index in [4.69, 9.17) is 0 Å². The molecule has 27 heavy (non-hydrogen) atoms. The Morgan fingerprint density at radius 2 is 2.00 bits per heavy atom. The van der Waals surface area contributed by atoms with Crippen LogP contribution in [0.1, 0.15) is 20.3 Å². The van der Waals surface area contributed by atoms with Gasteiger partial charge >= 0.3 is 5.97 Å². The summed E-state index contributed by atoms with van der Waals surface area (Å²) in [6.07, 6.45) is 1.28. The van der Waals surface area contributed by atoms with Crippen molar-refractivity contribution in [3.63, 3.8) is 0 Å². The van der Waals surface area contributed by atoms with E-state index in [2.05, 4.69) is 5.32 Å². The number of carbonyl (C=O) groups is 4. The zero-order valence-corrected chi connectivity index (χ0v) is 16.0. The molecule has 2 N–H and O–H groups in total. The number of β-lactam (4-membered cyclic amide) rings is 2. The quantitative estimate of drug-likeness (QED) is 0.530. The molecule has 4 rings (SSSR count). The van der Waals surface area contributed by atoms with Gasteiger partial charge in [0, 0.05) is 5.75 Å². The van der Waals surface area contributed by atoms with E-state index in [-0.39, 0.29) is 12.1 Å². The molecule has 4 heterocycles. The first kappa shape index (κ1) is 18.3. The van der Waals surface area contributed by atoms with Crippen LogP contribution >= 0.6 is 11.8 Å². The molecule has 0 aromatic carbocycles. The van der Waals surface area contributed by atoms with Gasteiger partial charge in [-0.25, -0.2) is 13.2 Å². The van der Waals surface area contributed by atoms with E-state index in [1.165, 1.54) is 31.7 Å². The number of nitrogens with zero attached hydrogens (tertiary/aromatic N) is 2. The van der Waals surface area contributed by atoms with Crippen molar-refractivity contribution in [1.82, 2.24) is 15.1 Å². The summed E-state index contributed by atoms with van der Waals surface area (Å²) in [5.41, 5.74) is -0.129. The van der Waals surface area contributed by atoms with Gasteiger partial charge in [-0.15, -0.1) is 11.8 Å². The maximum Gasteiger partial charge on any atom is 0.352 e. The highest BCUT2D eigenvalue weighted by Gasteiger charge is 2.68. The van der Waals surface area contributed by atoms with E-state index in [1.807, 2.05) is 0 Å². The van der Waals surface area contributed by atoms with Crippen molar-refractivity contribution in [2.24, 2.45) is 0 Å². The summed E-state index contributed by atoms with van der Waals surface area (Å²) in [4.78, 5) is 50.5. The first-order chi connectivity index (χ1) is 12.5.